The summed E-state index contributed by atoms with van der Waals surface area (Å²) in [5.41, 5.74) is 2.20. The third-order valence-corrected chi connectivity index (χ3v) is 5.90. The number of carbonyl (C=O) groups is 2. The lowest BCUT2D eigenvalue weighted by Gasteiger charge is -2.29. The summed E-state index contributed by atoms with van der Waals surface area (Å²) in [6, 6.07) is 22.2. The van der Waals surface area contributed by atoms with Crippen LogP contribution in [0.5, 0.6) is 11.5 Å². The van der Waals surface area contributed by atoms with Crippen LogP contribution in [0.2, 0.25) is 0 Å². The molecular weight excluding hydrogens is 516 g/mol. The topological polar surface area (TPSA) is 67.9 Å². The van der Waals surface area contributed by atoms with Crippen LogP contribution >= 0.6 is 28.1 Å². The van der Waals surface area contributed by atoms with Gasteiger partial charge in [0.25, 0.3) is 11.8 Å². The molecule has 4 rings (SSSR count). The first-order valence-corrected chi connectivity index (χ1v) is 11.8. The predicted molar refractivity (Wildman–Crippen MR) is 139 cm³/mol. The number of hydrogen-bond donors (Lipinski definition) is 1. The van der Waals surface area contributed by atoms with Crippen LogP contribution in [0.25, 0.3) is 6.08 Å². The Kier molecular flexibility index (Phi) is 7.40. The van der Waals surface area contributed by atoms with Crippen molar-refractivity contribution in [3.63, 3.8) is 0 Å². The van der Waals surface area contributed by atoms with E-state index < -0.39 is 11.8 Å². The lowest BCUT2D eigenvalue weighted by atomic mass is 10.1. The third kappa shape index (κ3) is 5.35. The lowest BCUT2D eigenvalue weighted by Crippen LogP contribution is -2.54. The van der Waals surface area contributed by atoms with Crippen LogP contribution in [0.3, 0.4) is 0 Å². The Morgan fingerprint density at radius 3 is 2.53 bits per heavy atom. The largest absolute Gasteiger partial charge is 0.494 e. The lowest BCUT2D eigenvalue weighted by molar-refractivity contribution is -0.122. The number of amides is 2. The maximum absolute atomic E-state index is 13.3. The second kappa shape index (κ2) is 10.6. The molecule has 6 nitrogen and oxygen atoms in total. The summed E-state index contributed by atoms with van der Waals surface area (Å²) in [6.45, 7) is 2.79. The Morgan fingerprint density at radius 1 is 1.00 bits per heavy atom. The Balaban J connectivity index is 1.57. The molecule has 2 amide bonds. The van der Waals surface area contributed by atoms with Gasteiger partial charge >= 0.3 is 0 Å². The fourth-order valence-corrected chi connectivity index (χ4v) is 4.19. The molecule has 1 heterocycles. The number of carbonyl (C=O) groups excluding carboxylic acids is 2. The molecule has 1 saturated heterocycles. The van der Waals surface area contributed by atoms with E-state index in [0.29, 0.717) is 40.4 Å². The van der Waals surface area contributed by atoms with Crippen LogP contribution in [0, 0.1) is 0 Å². The van der Waals surface area contributed by atoms with E-state index in [4.69, 9.17) is 21.7 Å². The van der Waals surface area contributed by atoms with Crippen LogP contribution < -0.4 is 19.7 Å². The summed E-state index contributed by atoms with van der Waals surface area (Å²) in [5.74, 6) is 0.199. The maximum atomic E-state index is 13.3. The van der Waals surface area contributed by atoms with Gasteiger partial charge in [-0.25, -0.2) is 0 Å². The number of benzene rings is 3. The monoisotopic (exact) mass is 536 g/mol. The van der Waals surface area contributed by atoms with Crippen molar-refractivity contribution in [2.45, 2.75) is 13.5 Å². The van der Waals surface area contributed by atoms with Crippen molar-refractivity contribution in [1.82, 2.24) is 5.32 Å². The normalized spacial score (nSPS) is 14.8. The van der Waals surface area contributed by atoms with Crippen LogP contribution in [-0.2, 0) is 16.2 Å². The number of thiocarbonyl (C=S) groups is 1. The molecule has 3 aromatic rings. The van der Waals surface area contributed by atoms with Crippen molar-refractivity contribution >= 4 is 56.8 Å². The predicted octanol–water partition coefficient (Wildman–Crippen LogP) is 5.26. The van der Waals surface area contributed by atoms with Gasteiger partial charge in [0.15, 0.2) is 5.11 Å². The first kappa shape index (κ1) is 23.7. The molecule has 0 atom stereocenters. The van der Waals surface area contributed by atoms with E-state index >= 15 is 0 Å². The van der Waals surface area contributed by atoms with E-state index in [1.165, 1.54) is 11.0 Å². The maximum Gasteiger partial charge on any atom is 0.270 e. The highest BCUT2D eigenvalue weighted by Gasteiger charge is 2.34. The summed E-state index contributed by atoms with van der Waals surface area (Å²) < 4.78 is 12.1. The van der Waals surface area contributed by atoms with Crippen molar-refractivity contribution in [1.29, 1.82) is 0 Å². The van der Waals surface area contributed by atoms with Gasteiger partial charge in [0.2, 0.25) is 0 Å². The number of rotatable bonds is 7. The third-order valence-electron chi connectivity index (χ3n) is 4.99. The highest BCUT2D eigenvalue weighted by molar-refractivity contribution is 9.10. The van der Waals surface area contributed by atoms with Crippen LogP contribution in [0.1, 0.15) is 18.1 Å². The zero-order chi connectivity index (χ0) is 24.1. The molecule has 34 heavy (non-hydrogen) atoms. The highest BCUT2D eigenvalue weighted by atomic mass is 79.9. The molecule has 0 saturated carbocycles. The van der Waals surface area contributed by atoms with Crippen LogP contribution in [-0.4, -0.2) is 23.5 Å². The van der Waals surface area contributed by atoms with Crippen molar-refractivity contribution < 1.29 is 19.1 Å². The zero-order valence-corrected chi connectivity index (χ0v) is 20.7. The summed E-state index contributed by atoms with van der Waals surface area (Å²) in [5, 5.41) is 2.62. The number of halogens is 1. The molecule has 0 spiro atoms. The van der Waals surface area contributed by atoms with Gasteiger partial charge < -0.3 is 9.47 Å². The zero-order valence-electron chi connectivity index (χ0n) is 18.3. The quantitative estimate of drug-likeness (QED) is 0.253. The average molecular weight is 537 g/mol. The van der Waals surface area contributed by atoms with E-state index in [2.05, 4.69) is 21.2 Å². The minimum absolute atomic E-state index is 0.0200. The Hall–Kier alpha value is -3.49. The molecule has 172 valence electrons. The van der Waals surface area contributed by atoms with Gasteiger partial charge in [-0.1, -0.05) is 42.5 Å². The first-order chi connectivity index (χ1) is 16.5. The smallest absolute Gasteiger partial charge is 0.270 e. The van der Waals surface area contributed by atoms with Crippen LogP contribution in [0.4, 0.5) is 5.69 Å². The van der Waals surface area contributed by atoms with E-state index in [1.54, 1.807) is 42.5 Å². The molecule has 8 heteroatoms. The van der Waals surface area contributed by atoms with E-state index in [9.17, 15) is 9.59 Å². The van der Waals surface area contributed by atoms with Gasteiger partial charge in [0, 0.05) is 6.07 Å². The summed E-state index contributed by atoms with van der Waals surface area (Å²) >= 11 is 8.79. The summed E-state index contributed by atoms with van der Waals surface area (Å²) in [6.07, 6.45) is 1.53. The van der Waals surface area contributed by atoms with Crippen molar-refractivity contribution in [3.8, 4) is 11.5 Å². The number of hydrogen-bond acceptors (Lipinski definition) is 5. The molecule has 1 fully saturated rings. The van der Waals surface area contributed by atoms with E-state index in [-0.39, 0.29) is 10.7 Å². The average Bonchev–Trinajstić information content (AvgIpc) is 2.82. The highest BCUT2D eigenvalue weighted by Crippen LogP contribution is 2.29. The minimum Gasteiger partial charge on any atom is -0.494 e. The number of ether oxygens (including phenoxy) is 2. The molecule has 0 bridgehead atoms. The molecular formula is C26H21BrN2O4S. The number of anilines is 1. The van der Waals surface area contributed by atoms with E-state index in [1.807, 2.05) is 37.3 Å². The molecule has 0 aromatic heterocycles. The van der Waals surface area contributed by atoms with Gasteiger partial charge in [-0.2, -0.15) is 0 Å². The van der Waals surface area contributed by atoms with Crippen molar-refractivity contribution in [3.05, 3.63) is 94.0 Å². The number of nitrogens with one attached hydrogen (secondary N) is 1. The van der Waals surface area contributed by atoms with Crippen molar-refractivity contribution in [2.24, 2.45) is 0 Å². The fraction of sp³-hybridized carbons (Fsp3) is 0.115. The Morgan fingerprint density at radius 2 is 1.79 bits per heavy atom. The Labute approximate surface area is 211 Å². The van der Waals surface area contributed by atoms with Gasteiger partial charge in [0.1, 0.15) is 23.7 Å². The second-order valence-electron chi connectivity index (χ2n) is 7.35. The van der Waals surface area contributed by atoms with Gasteiger partial charge in [-0.05, 0) is 76.5 Å². The van der Waals surface area contributed by atoms with Crippen molar-refractivity contribution in [2.75, 3.05) is 11.5 Å². The molecule has 3 aromatic carbocycles. The molecule has 0 radical (unpaired) electrons. The van der Waals surface area contributed by atoms with E-state index in [0.717, 1.165) is 5.56 Å². The molecule has 0 aliphatic carbocycles. The van der Waals surface area contributed by atoms with Gasteiger partial charge in [-0.15, -0.1) is 0 Å². The minimum atomic E-state index is -0.548. The van der Waals surface area contributed by atoms with Gasteiger partial charge in [0.05, 0.1) is 16.8 Å². The first-order valence-electron chi connectivity index (χ1n) is 10.6. The summed E-state index contributed by atoms with van der Waals surface area (Å²) in [7, 11) is 0. The molecule has 1 aliphatic rings. The SMILES string of the molecule is CCOc1cccc(N2C(=O)/C(=C/c3ccc(OCc4ccccc4)c(Br)c3)C(=O)NC2=S)c1. The Bertz CT molecular complexity index is 1280. The standard InChI is InChI=1S/C26H21BrN2O4S/c1-2-32-20-10-6-9-19(15-20)29-25(31)21(24(30)28-26(29)34)13-18-11-12-23(22(27)14-18)33-16-17-7-4-3-5-8-17/h3-15H,2,16H2,1H3,(H,28,30,34)/b21-13+. The second-order valence-corrected chi connectivity index (χ2v) is 8.59. The summed E-state index contributed by atoms with van der Waals surface area (Å²) in [4.78, 5) is 27.2. The molecule has 1 aliphatic heterocycles. The fourth-order valence-electron chi connectivity index (χ4n) is 3.40. The molecule has 0 unspecified atom stereocenters. The van der Waals surface area contributed by atoms with Crippen LogP contribution in [0.15, 0.2) is 82.8 Å². The molecule has 1 N–H and O–H groups in total. The number of nitrogens with zero attached hydrogens (tertiary/aromatic N) is 1. The van der Waals surface area contributed by atoms with Gasteiger partial charge in [-0.3, -0.25) is 19.8 Å².